The summed E-state index contributed by atoms with van der Waals surface area (Å²) in [6, 6.07) is 9.75. The van der Waals surface area contributed by atoms with E-state index in [0.29, 0.717) is 38.8 Å². The Hall–Kier alpha value is -3.35. The van der Waals surface area contributed by atoms with Gasteiger partial charge in [0.25, 0.3) is 0 Å². The summed E-state index contributed by atoms with van der Waals surface area (Å²) in [4.78, 5) is 53.2. The molecule has 1 spiro atoms. The molecule has 0 bridgehead atoms. The number of halogens is 1. The van der Waals surface area contributed by atoms with E-state index in [1.807, 2.05) is 26.0 Å². The van der Waals surface area contributed by atoms with Gasteiger partial charge in [-0.25, -0.2) is 9.18 Å². The largest absolute Gasteiger partial charge is 0.324 e. The Morgan fingerprint density at radius 3 is 1.92 bits per heavy atom. The highest BCUT2D eigenvalue weighted by molar-refractivity contribution is 6.10. The molecule has 2 fully saturated rings. The highest BCUT2D eigenvalue weighted by Crippen LogP contribution is 2.47. The van der Waals surface area contributed by atoms with Gasteiger partial charge in [0.2, 0.25) is 5.91 Å². The minimum Gasteiger partial charge on any atom is -0.324 e. The maximum absolute atomic E-state index is 13.4. The smallest absolute Gasteiger partial charge is 0.324 e. The Balaban J connectivity index is 1.47. The summed E-state index contributed by atoms with van der Waals surface area (Å²) in [5, 5.41) is 2.45. The summed E-state index contributed by atoms with van der Waals surface area (Å²) in [5.41, 5.74) is 3.20. The lowest BCUT2D eigenvalue weighted by molar-refractivity contribution is -0.138. The van der Waals surface area contributed by atoms with Crippen LogP contribution in [0.3, 0.4) is 0 Å². The number of nitrogens with zero attached hydrogens (tertiary/aromatic N) is 1. The second-order valence-corrected chi connectivity index (χ2v) is 11.7. The summed E-state index contributed by atoms with van der Waals surface area (Å²) in [5.74, 6) is -1.56. The molecule has 1 heterocycles. The minimum atomic E-state index is -0.779. The molecule has 196 valence electrons. The number of likely N-dealkylation sites (tertiary alicyclic amines) is 1. The van der Waals surface area contributed by atoms with E-state index in [-0.39, 0.29) is 23.3 Å². The SMILES string of the molecule is Cc1cc(-c2ccc(F)cc2)cc(C)c1C1C(=O)CC2(CCN(C(=O)NC(=O)C(C)(C)C)CC2)CC1=O. The van der Waals surface area contributed by atoms with E-state index in [1.165, 1.54) is 12.1 Å². The van der Waals surface area contributed by atoms with Gasteiger partial charge >= 0.3 is 6.03 Å². The summed E-state index contributed by atoms with van der Waals surface area (Å²) in [6.45, 7) is 9.87. The van der Waals surface area contributed by atoms with Crippen molar-refractivity contribution in [3.8, 4) is 11.1 Å². The zero-order chi connectivity index (χ0) is 27.1. The molecule has 37 heavy (non-hydrogen) atoms. The van der Waals surface area contributed by atoms with Crippen LogP contribution in [0, 0.1) is 30.5 Å². The van der Waals surface area contributed by atoms with E-state index in [0.717, 1.165) is 27.8 Å². The molecule has 1 N–H and O–H groups in total. The van der Waals surface area contributed by atoms with Crippen LogP contribution in [0.25, 0.3) is 11.1 Å². The lowest BCUT2D eigenvalue weighted by Crippen LogP contribution is -2.52. The van der Waals surface area contributed by atoms with Gasteiger partial charge < -0.3 is 4.90 Å². The number of hydrogen-bond donors (Lipinski definition) is 1. The number of rotatable bonds is 2. The maximum atomic E-state index is 13.4. The highest BCUT2D eigenvalue weighted by Gasteiger charge is 2.48. The third kappa shape index (κ3) is 5.50. The lowest BCUT2D eigenvalue weighted by Gasteiger charge is -2.44. The van der Waals surface area contributed by atoms with E-state index < -0.39 is 22.8 Å². The molecule has 1 aliphatic heterocycles. The third-order valence-electron chi connectivity index (χ3n) is 7.82. The number of amides is 3. The molecule has 1 saturated heterocycles. The summed E-state index contributed by atoms with van der Waals surface area (Å²) < 4.78 is 13.3. The molecular weight excluding hydrogens is 471 g/mol. The quantitative estimate of drug-likeness (QED) is 0.546. The van der Waals surface area contributed by atoms with Gasteiger partial charge in [-0.15, -0.1) is 0 Å². The molecule has 3 amide bonds. The number of Topliss-reactive ketones (excluding diaryl/α,β-unsaturated/α-hetero) is 2. The lowest BCUT2D eigenvalue weighted by atomic mass is 9.62. The molecule has 7 heteroatoms. The normalized spacial score (nSPS) is 18.3. The molecule has 2 aliphatic rings. The van der Waals surface area contributed by atoms with E-state index in [1.54, 1.807) is 37.8 Å². The zero-order valence-corrected chi connectivity index (χ0v) is 22.2. The fourth-order valence-corrected chi connectivity index (χ4v) is 5.65. The zero-order valence-electron chi connectivity index (χ0n) is 22.2. The van der Waals surface area contributed by atoms with Gasteiger partial charge in [-0.1, -0.05) is 45.0 Å². The average Bonchev–Trinajstić information content (AvgIpc) is 2.80. The van der Waals surface area contributed by atoms with Crippen molar-refractivity contribution in [1.29, 1.82) is 0 Å². The molecule has 1 saturated carbocycles. The fraction of sp³-hybridized carbons (Fsp3) is 0.467. The van der Waals surface area contributed by atoms with Gasteiger partial charge in [-0.05, 0) is 72.1 Å². The number of ketones is 2. The standard InChI is InChI=1S/C30H35FN2O4/c1-18-14-21(20-6-8-22(31)9-7-20)15-19(2)25(18)26-23(34)16-30(17-24(26)35)10-12-33(13-11-30)28(37)32-27(36)29(3,4)5/h6-9,14-15,26H,10-13,16-17H2,1-5H3,(H,32,36,37). The van der Waals surface area contributed by atoms with Gasteiger partial charge in [0, 0.05) is 31.3 Å². The van der Waals surface area contributed by atoms with Gasteiger partial charge in [0.1, 0.15) is 23.3 Å². The predicted molar refractivity (Wildman–Crippen MR) is 140 cm³/mol. The molecule has 1 aliphatic carbocycles. The van der Waals surface area contributed by atoms with E-state index in [4.69, 9.17) is 0 Å². The second-order valence-electron chi connectivity index (χ2n) is 11.7. The average molecular weight is 507 g/mol. The van der Waals surface area contributed by atoms with Crippen molar-refractivity contribution in [3.63, 3.8) is 0 Å². The number of hydrogen-bond acceptors (Lipinski definition) is 4. The van der Waals surface area contributed by atoms with Crippen molar-refractivity contribution in [2.24, 2.45) is 10.8 Å². The van der Waals surface area contributed by atoms with Gasteiger partial charge in [0.15, 0.2) is 0 Å². The van der Waals surface area contributed by atoms with Crippen LogP contribution in [0.4, 0.5) is 9.18 Å². The molecule has 0 aromatic heterocycles. The van der Waals surface area contributed by atoms with Crippen molar-refractivity contribution in [2.45, 2.75) is 66.2 Å². The highest BCUT2D eigenvalue weighted by atomic mass is 19.1. The van der Waals surface area contributed by atoms with Gasteiger partial charge in [-0.3, -0.25) is 19.7 Å². The molecule has 6 nitrogen and oxygen atoms in total. The Labute approximate surface area is 217 Å². The van der Waals surface area contributed by atoms with Crippen LogP contribution in [-0.4, -0.2) is 41.5 Å². The van der Waals surface area contributed by atoms with E-state index >= 15 is 0 Å². The van der Waals surface area contributed by atoms with E-state index in [2.05, 4.69) is 5.32 Å². The number of benzene rings is 2. The third-order valence-corrected chi connectivity index (χ3v) is 7.82. The predicted octanol–water partition coefficient (Wildman–Crippen LogP) is 5.49. The number of carbonyl (C=O) groups excluding carboxylic acids is 4. The summed E-state index contributed by atoms with van der Waals surface area (Å²) in [6.07, 6.45) is 1.71. The first kappa shape index (κ1) is 26.7. The van der Waals surface area contributed by atoms with Crippen LogP contribution in [0.15, 0.2) is 36.4 Å². The maximum Gasteiger partial charge on any atom is 0.324 e. The van der Waals surface area contributed by atoms with Crippen LogP contribution >= 0.6 is 0 Å². The molecule has 4 rings (SSSR count). The molecule has 0 unspecified atom stereocenters. The number of piperidine rings is 1. The molecular formula is C30H35FN2O4. The van der Waals surface area contributed by atoms with Crippen LogP contribution in [0.5, 0.6) is 0 Å². The molecule has 0 radical (unpaired) electrons. The van der Waals surface area contributed by atoms with Crippen molar-refractivity contribution in [1.82, 2.24) is 10.2 Å². The minimum absolute atomic E-state index is 0.0715. The topological polar surface area (TPSA) is 83.6 Å². The van der Waals surface area contributed by atoms with Gasteiger partial charge in [0.05, 0.1) is 0 Å². The molecule has 2 aromatic carbocycles. The first-order valence-corrected chi connectivity index (χ1v) is 12.8. The first-order chi connectivity index (χ1) is 17.3. The number of urea groups is 1. The number of nitrogens with one attached hydrogen (secondary N) is 1. The Bertz CT molecular complexity index is 1210. The van der Waals surface area contributed by atoms with Crippen molar-refractivity contribution in [2.75, 3.05) is 13.1 Å². The Morgan fingerprint density at radius 2 is 1.43 bits per heavy atom. The van der Waals surface area contributed by atoms with Crippen LogP contribution in [0.2, 0.25) is 0 Å². The van der Waals surface area contributed by atoms with Crippen molar-refractivity contribution < 1.29 is 23.6 Å². The monoisotopic (exact) mass is 506 g/mol. The summed E-state index contributed by atoms with van der Waals surface area (Å²) in [7, 11) is 0. The summed E-state index contributed by atoms with van der Waals surface area (Å²) >= 11 is 0. The van der Waals surface area contributed by atoms with Gasteiger partial charge in [-0.2, -0.15) is 0 Å². The Kier molecular flexibility index (Phi) is 7.10. The second kappa shape index (κ2) is 9.84. The number of aryl methyl sites for hydroxylation is 2. The van der Waals surface area contributed by atoms with E-state index in [9.17, 15) is 23.6 Å². The van der Waals surface area contributed by atoms with Crippen molar-refractivity contribution in [3.05, 3.63) is 58.9 Å². The fourth-order valence-electron chi connectivity index (χ4n) is 5.65. The van der Waals surface area contributed by atoms with Crippen LogP contribution in [-0.2, 0) is 14.4 Å². The molecule has 2 aromatic rings. The Morgan fingerprint density at radius 1 is 0.919 bits per heavy atom. The van der Waals surface area contributed by atoms with Crippen LogP contribution < -0.4 is 5.32 Å². The molecule has 0 atom stereocenters. The first-order valence-electron chi connectivity index (χ1n) is 12.8. The van der Waals surface area contributed by atoms with Crippen molar-refractivity contribution >= 4 is 23.5 Å². The number of carbonyl (C=O) groups is 4. The van der Waals surface area contributed by atoms with Crippen LogP contribution in [0.1, 0.15) is 69.1 Å². The number of imide groups is 1.